The summed E-state index contributed by atoms with van der Waals surface area (Å²) in [7, 11) is 0. The molecule has 1 amide bonds. The standard InChI is InChI=1S/C22H26N4O3/c1-22(2,3)17-6-4-15(5-7-17)18-12-19(29-25-18)24-21(27)20-16(8-11-28-20)13-26-10-9-23-14-26/h4-7,9-10,12,14,16,20H,8,11,13H2,1-3H3,(H,24,27)/t16-,20-/m1/s1. The summed E-state index contributed by atoms with van der Waals surface area (Å²) in [5, 5.41) is 6.90. The number of carbonyl (C=O) groups is 1. The second kappa shape index (κ2) is 7.83. The van der Waals surface area contributed by atoms with Crippen molar-refractivity contribution >= 4 is 11.8 Å². The first-order valence-electron chi connectivity index (χ1n) is 9.86. The number of aromatic nitrogens is 3. The summed E-state index contributed by atoms with van der Waals surface area (Å²) < 4.78 is 13.0. The molecular weight excluding hydrogens is 368 g/mol. The maximum absolute atomic E-state index is 12.7. The molecule has 1 aliphatic heterocycles. The monoisotopic (exact) mass is 394 g/mol. The Bertz CT molecular complexity index is 955. The van der Waals surface area contributed by atoms with Gasteiger partial charge in [-0.1, -0.05) is 50.2 Å². The third-order valence-corrected chi connectivity index (χ3v) is 5.28. The van der Waals surface area contributed by atoms with E-state index in [2.05, 4.69) is 48.4 Å². The number of nitrogens with one attached hydrogen (secondary N) is 1. The normalized spacial score (nSPS) is 19.4. The second-order valence-electron chi connectivity index (χ2n) is 8.49. The van der Waals surface area contributed by atoms with Gasteiger partial charge in [0.2, 0.25) is 5.88 Å². The lowest BCUT2D eigenvalue weighted by Crippen LogP contribution is -2.34. The zero-order valence-corrected chi connectivity index (χ0v) is 17.0. The van der Waals surface area contributed by atoms with E-state index < -0.39 is 6.10 Å². The molecular formula is C22H26N4O3. The number of rotatable bonds is 5. The molecule has 2 aromatic heterocycles. The van der Waals surface area contributed by atoms with Crippen molar-refractivity contribution in [2.24, 2.45) is 5.92 Å². The van der Waals surface area contributed by atoms with E-state index in [1.807, 2.05) is 22.9 Å². The van der Waals surface area contributed by atoms with E-state index in [0.29, 0.717) is 24.7 Å². The van der Waals surface area contributed by atoms with E-state index in [0.717, 1.165) is 12.0 Å². The quantitative estimate of drug-likeness (QED) is 0.710. The van der Waals surface area contributed by atoms with Crippen molar-refractivity contribution in [3.05, 3.63) is 54.6 Å². The molecule has 0 radical (unpaired) electrons. The van der Waals surface area contributed by atoms with Crippen LogP contribution in [0.2, 0.25) is 0 Å². The Morgan fingerprint density at radius 3 is 2.76 bits per heavy atom. The molecule has 7 heteroatoms. The summed E-state index contributed by atoms with van der Waals surface area (Å²) in [5.74, 6) is 0.205. The summed E-state index contributed by atoms with van der Waals surface area (Å²) in [6.45, 7) is 7.80. The smallest absolute Gasteiger partial charge is 0.256 e. The highest BCUT2D eigenvalue weighted by Crippen LogP contribution is 2.28. The summed E-state index contributed by atoms with van der Waals surface area (Å²) in [4.78, 5) is 16.8. The third kappa shape index (κ3) is 4.40. The summed E-state index contributed by atoms with van der Waals surface area (Å²) >= 11 is 0. The van der Waals surface area contributed by atoms with Crippen molar-refractivity contribution in [3.63, 3.8) is 0 Å². The maximum Gasteiger partial charge on any atom is 0.256 e. The van der Waals surface area contributed by atoms with Gasteiger partial charge in [-0.3, -0.25) is 10.1 Å². The zero-order valence-electron chi connectivity index (χ0n) is 17.0. The third-order valence-electron chi connectivity index (χ3n) is 5.28. The Balaban J connectivity index is 1.41. The number of hydrogen-bond acceptors (Lipinski definition) is 5. The number of carbonyl (C=O) groups excluding carboxylic acids is 1. The van der Waals surface area contributed by atoms with Gasteiger partial charge in [-0.05, 0) is 17.4 Å². The van der Waals surface area contributed by atoms with Crippen molar-refractivity contribution in [2.75, 3.05) is 11.9 Å². The Hall–Kier alpha value is -2.93. The first-order chi connectivity index (χ1) is 13.9. The summed E-state index contributed by atoms with van der Waals surface area (Å²) in [6.07, 6.45) is 5.69. The highest BCUT2D eigenvalue weighted by Gasteiger charge is 2.35. The molecule has 1 N–H and O–H groups in total. The van der Waals surface area contributed by atoms with Gasteiger partial charge in [0.15, 0.2) is 0 Å². The minimum absolute atomic E-state index is 0.0933. The van der Waals surface area contributed by atoms with Gasteiger partial charge in [0.25, 0.3) is 5.91 Å². The van der Waals surface area contributed by atoms with Crippen molar-refractivity contribution in [1.82, 2.24) is 14.7 Å². The summed E-state index contributed by atoms with van der Waals surface area (Å²) in [5.41, 5.74) is 2.97. The number of ether oxygens (including phenoxy) is 1. The number of nitrogens with zero attached hydrogens (tertiary/aromatic N) is 3. The molecule has 152 valence electrons. The van der Waals surface area contributed by atoms with Crippen LogP contribution in [0.1, 0.15) is 32.8 Å². The largest absolute Gasteiger partial charge is 0.368 e. The topological polar surface area (TPSA) is 82.2 Å². The van der Waals surface area contributed by atoms with Crippen LogP contribution >= 0.6 is 0 Å². The van der Waals surface area contributed by atoms with Crippen molar-refractivity contribution in [1.29, 1.82) is 0 Å². The van der Waals surface area contributed by atoms with E-state index in [4.69, 9.17) is 9.26 Å². The van der Waals surface area contributed by atoms with Crippen LogP contribution in [0, 0.1) is 5.92 Å². The summed E-state index contributed by atoms with van der Waals surface area (Å²) in [6, 6.07) is 9.96. The van der Waals surface area contributed by atoms with Gasteiger partial charge in [-0.25, -0.2) is 4.98 Å². The molecule has 1 aromatic carbocycles. The van der Waals surface area contributed by atoms with E-state index in [9.17, 15) is 4.79 Å². The molecule has 1 fully saturated rings. The zero-order chi connectivity index (χ0) is 20.4. The first kappa shape index (κ1) is 19.4. The van der Waals surface area contributed by atoms with Gasteiger partial charge >= 0.3 is 0 Å². The SMILES string of the molecule is CC(C)(C)c1ccc(-c2cc(NC(=O)[C@@H]3OCC[C@@H]3Cn3ccnc3)on2)cc1. The van der Waals surface area contributed by atoms with Crippen LogP contribution in [0.15, 0.2) is 53.6 Å². The van der Waals surface area contributed by atoms with Crippen molar-refractivity contribution < 1.29 is 14.1 Å². The van der Waals surface area contributed by atoms with Crippen LogP contribution in [0.25, 0.3) is 11.3 Å². The maximum atomic E-state index is 12.7. The first-order valence-corrected chi connectivity index (χ1v) is 9.86. The number of amides is 1. The molecule has 1 saturated heterocycles. The lowest BCUT2D eigenvalue weighted by molar-refractivity contribution is -0.126. The number of anilines is 1. The second-order valence-corrected chi connectivity index (χ2v) is 8.49. The lowest BCUT2D eigenvalue weighted by Gasteiger charge is -2.18. The molecule has 3 heterocycles. The van der Waals surface area contributed by atoms with Gasteiger partial charge < -0.3 is 13.8 Å². The molecule has 29 heavy (non-hydrogen) atoms. The van der Waals surface area contributed by atoms with Gasteiger partial charge in [-0.2, -0.15) is 0 Å². The van der Waals surface area contributed by atoms with E-state index in [-0.39, 0.29) is 17.2 Å². The molecule has 4 rings (SSSR count). The predicted octanol–water partition coefficient (Wildman–Crippen LogP) is 3.88. The van der Waals surface area contributed by atoms with E-state index in [1.165, 1.54) is 5.56 Å². The number of benzene rings is 1. The van der Waals surface area contributed by atoms with Crippen molar-refractivity contribution in [3.8, 4) is 11.3 Å². The van der Waals surface area contributed by atoms with E-state index in [1.54, 1.807) is 18.6 Å². The van der Waals surface area contributed by atoms with Crippen LogP contribution < -0.4 is 5.32 Å². The van der Waals surface area contributed by atoms with Crippen molar-refractivity contribution in [2.45, 2.75) is 45.3 Å². The molecule has 3 aromatic rings. The van der Waals surface area contributed by atoms with Crippen LogP contribution in [0.5, 0.6) is 0 Å². The fourth-order valence-electron chi connectivity index (χ4n) is 3.58. The van der Waals surface area contributed by atoms with Crippen LogP contribution in [-0.4, -0.2) is 33.3 Å². The Morgan fingerprint density at radius 1 is 1.28 bits per heavy atom. The van der Waals surface area contributed by atoms with Gasteiger partial charge in [-0.15, -0.1) is 0 Å². The molecule has 0 bridgehead atoms. The van der Waals surface area contributed by atoms with Crippen LogP contribution in [0.4, 0.5) is 5.88 Å². The molecule has 0 saturated carbocycles. The van der Waals surface area contributed by atoms with E-state index >= 15 is 0 Å². The van der Waals surface area contributed by atoms with Crippen LogP contribution in [0.3, 0.4) is 0 Å². The lowest BCUT2D eigenvalue weighted by atomic mass is 9.86. The fraction of sp³-hybridized carbons (Fsp3) is 0.409. The van der Waals surface area contributed by atoms with Gasteiger partial charge in [0.1, 0.15) is 11.8 Å². The van der Waals surface area contributed by atoms with Gasteiger partial charge in [0, 0.05) is 43.1 Å². The number of imidazole rings is 1. The molecule has 1 aliphatic rings. The number of hydrogen-bond donors (Lipinski definition) is 1. The minimum atomic E-state index is -0.517. The molecule has 2 atom stereocenters. The Labute approximate surface area is 170 Å². The fourth-order valence-corrected chi connectivity index (χ4v) is 3.58. The molecule has 0 spiro atoms. The molecule has 0 unspecified atom stereocenters. The molecule has 7 nitrogen and oxygen atoms in total. The van der Waals surface area contributed by atoms with Gasteiger partial charge in [0.05, 0.1) is 6.33 Å². The van der Waals surface area contributed by atoms with Crippen LogP contribution in [-0.2, 0) is 21.5 Å². The average molecular weight is 394 g/mol. The Kier molecular flexibility index (Phi) is 5.24. The highest BCUT2D eigenvalue weighted by atomic mass is 16.5. The Morgan fingerprint density at radius 2 is 2.07 bits per heavy atom. The minimum Gasteiger partial charge on any atom is -0.368 e. The predicted molar refractivity (Wildman–Crippen MR) is 109 cm³/mol. The molecule has 0 aliphatic carbocycles. The highest BCUT2D eigenvalue weighted by molar-refractivity contribution is 5.93. The average Bonchev–Trinajstić information content (AvgIpc) is 3.43.